The second-order valence-corrected chi connectivity index (χ2v) is 9.69. The van der Waals surface area contributed by atoms with E-state index in [1.807, 2.05) is 42.5 Å². The number of morpholine rings is 1. The molecule has 2 aliphatic heterocycles. The molecule has 0 aromatic heterocycles. The molecule has 9 nitrogen and oxygen atoms in total. The molecule has 186 valence electrons. The van der Waals surface area contributed by atoms with Crippen molar-refractivity contribution in [3.8, 4) is 5.75 Å². The molecule has 2 aromatic rings. The molecule has 4 rings (SSSR count). The third-order valence-corrected chi connectivity index (χ3v) is 7.60. The Hall–Kier alpha value is -3.08. The van der Waals surface area contributed by atoms with Gasteiger partial charge in [0.25, 0.3) is 11.8 Å². The van der Waals surface area contributed by atoms with Crippen LogP contribution in [0.4, 0.5) is 4.79 Å². The molecule has 0 radical (unpaired) electrons. The second kappa shape index (κ2) is 11.1. The molecule has 10 heteroatoms. The van der Waals surface area contributed by atoms with Crippen molar-refractivity contribution in [2.24, 2.45) is 0 Å². The van der Waals surface area contributed by atoms with Crippen LogP contribution in [0.25, 0.3) is 0 Å². The van der Waals surface area contributed by atoms with Crippen LogP contribution in [0.2, 0.25) is 0 Å². The number of hydrogen-bond acceptors (Lipinski definition) is 7. The first kappa shape index (κ1) is 25.0. The van der Waals surface area contributed by atoms with Crippen molar-refractivity contribution < 1.29 is 23.9 Å². The summed E-state index contributed by atoms with van der Waals surface area (Å²) < 4.78 is 10.8. The lowest BCUT2D eigenvalue weighted by Gasteiger charge is -2.35. The van der Waals surface area contributed by atoms with Gasteiger partial charge >= 0.3 is 6.03 Å². The Balaban J connectivity index is 1.45. The van der Waals surface area contributed by atoms with Crippen molar-refractivity contribution in [3.05, 3.63) is 59.7 Å². The summed E-state index contributed by atoms with van der Waals surface area (Å²) in [6, 6.07) is 14.7. The lowest BCUT2D eigenvalue weighted by molar-refractivity contribution is -0.122. The largest absolute Gasteiger partial charge is 0.497 e. The standard InChI is InChI=1S/C25H30N4O5S/c1-25(23(31)27-24(32)28-25)16-35-21-6-4-3-5-19(21)22(30)26-15-20(29-11-13-34-14-12-29)17-7-9-18(33-2)10-8-17/h3-10,20H,11-16H2,1-2H3,(H,26,30)(H2,27,28,31,32). The number of rotatable bonds is 9. The van der Waals surface area contributed by atoms with Gasteiger partial charge in [0.1, 0.15) is 11.3 Å². The number of ether oxygens (including phenoxy) is 2. The van der Waals surface area contributed by atoms with Crippen LogP contribution >= 0.6 is 11.8 Å². The topological polar surface area (TPSA) is 109 Å². The highest BCUT2D eigenvalue weighted by atomic mass is 32.2. The van der Waals surface area contributed by atoms with Gasteiger partial charge in [0.2, 0.25) is 0 Å². The predicted molar refractivity (Wildman–Crippen MR) is 133 cm³/mol. The molecule has 2 aliphatic rings. The minimum atomic E-state index is -1.03. The smallest absolute Gasteiger partial charge is 0.322 e. The zero-order chi connectivity index (χ0) is 24.8. The van der Waals surface area contributed by atoms with Crippen LogP contribution < -0.4 is 20.7 Å². The predicted octanol–water partition coefficient (Wildman–Crippen LogP) is 2.19. The fourth-order valence-corrected chi connectivity index (χ4v) is 5.28. The summed E-state index contributed by atoms with van der Waals surface area (Å²) in [5, 5.41) is 8.02. The number of amides is 4. The molecule has 2 atom stereocenters. The first-order valence-electron chi connectivity index (χ1n) is 11.5. The number of nitrogens with one attached hydrogen (secondary N) is 3. The molecule has 2 fully saturated rings. The average Bonchev–Trinajstić information content (AvgIpc) is 3.15. The first-order chi connectivity index (χ1) is 16.9. The fourth-order valence-electron chi connectivity index (χ4n) is 4.14. The van der Waals surface area contributed by atoms with Crippen molar-refractivity contribution in [3.63, 3.8) is 0 Å². The number of urea groups is 1. The van der Waals surface area contributed by atoms with Gasteiger partial charge in [-0.05, 0) is 36.8 Å². The quantitative estimate of drug-likeness (QED) is 0.359. The Morgan fingerprint density at radius 2 is 1.89 bits per heavy atom. The molecule has 0 saturated carbocycles. The van der Waals surface area contributed by atoms with E-state index in [4.69, 9.17) is 9.47 Å². The minimum absolute atomic E-state index is 0.00937. The van der Waals surface area contributed by atoms with Crippen molar-refractivity contribution in [2.45, 2.75) is 23.4 Å². The Morgan fingerprint density at radius 1 is 1.17 bits per heavy atom. The van der Waals surface area contributed by atoms with Crippen LogP contribution in [0.3, 0.4) is 0 Å². The summed E-state index contributed by atoms with van der Waals surface area (Å²) in [5.41, 5.74) is 0.592. The Kier molecular flexibility index (Phi) is 7.94. The molecule has 0 bridgehead atoms. The Bertz CT molecular complexity index is 1070. The number of carbonyl (C=O) groups is 3. The van der Waals surface area contributed by atoms with Gasteiger partial charge < -0.3 is 20.1 Å². The zero-order valence-electron chi connectivity index (χ0n) is 19.8. The van der Waals surface area contributed by atoms with Gasteiger partial charge in [-0.15, -0.1) is 11.8 Å². The van der Waals surface area contributed by atoms with Gasteiger partial charge in [-0.25, -0.2) is 4.79 Å². The maximum atomic E-state index is 13.2. The van der Waals surface area contributed by atoms with Gasteiger partial charge in [-0.1, -0.05) is 24.3 Å². The van der Waals surface area contributed by atoms with Crippen LogP contribution in [0.15, 0.2) is 53.4 Å². The number of hydrogen-bond donors (Lipinski definition) is 3. The molecule has 3 N–H and O–H groups in total. The fraction of sp³-hybridized carbons (Fsp3) is 0.400. The first-order valence-corrected chi connectivity index (χ1v) is 12.5. The number of carbonyl (C=O) groups excluding carboxylic acids is 3. The van der Waals surface area contributed by atoms with Gasteiger partial charge in [0.05, 0.1) is 31.9 Å². The summed E-state index contributed by atoms with van der Waals surface area (Å²) in [6.45, 7) is 4.98. The van der Waals surface area contributed by atoms with E-state index in [1.54, 1.807) is 20.1 Å². The molecular formula is C25H30N4O5S. The Labute approximate surface area is 208 Å². The molecule has 2 heterocycles. The number of methoxy groups -OCH3 is 1. The van der Waals surface area contributed by atoms with E-state index < -0.39 is 11.6 Å². The molecule has 2 aromatic carbocycles. The summed E-state index contributed by atoms with van der Waals surface area (Å²) in [6.07, 6.45) is 0. The van der Waals surface area contributed by atoms with Gasteiger partial charge in [-0.3, -0.25) is 19.8 Å². The van der Waals surface area contributed by atoms with E-state index in [0.717, 1.165) is 29.3 Å². The number of nitrogens with zero attached hydrogens (tertiary/aromatic N) is 1. The zero-order valence-corrected chi connectivity index (χ0v) is 20.7. The van der Waals surface area contributed by atoms with Crippen LogP contribution in [-0.2, 0) is 9.53 Å². The van der Waals surface area contributed by atoms with Crippen molar-refractivity contribution >= 4 is 29.6 Å². The lowest BCUT2D eigenvalue weighted by atomic mass is 10.0. The van der Waals surface area contributed by atoms with E-state index in [2.05, 4.69) is 20.9 Å². The third-order valence-electron chi connectivity index (χ3n) is 6.21. The summed E-state index contributed by atoms with van der Waals surface area (Å²) in [7, 11) is 1.64. The monoisotopic (exact) mass is 498 g/mol. The second-order valence-electron chi connectivity index (χ2n) is 8.67. The maximum Gasteiger partial charge on any atom is 0.322 e. The van der Waals surface area contributed by atoms with Crippen molar-refractivity contribution in [1.82, 2.24) is 20.9 Å². The maximum absolute atomic E-state index is 13.2. The molecule has 35 heavy (non-hydrogen) atoms. The number of thioether (sulfide) groups is 1. The van der Waals surface area contributed by atoms with Crippen LogP contribution in [-0.4, -0.2) is 74.0 Å². The van der Waals surface area contributed by atoms with E-state index in [0.29, 0.717) is 31.1 Å². The molecule has 0 aliphatic carbocycles. The van der Waals surface area contributed by atoms with Gasteiger partial charge in [0.15, 0.2) is 0 Å². The van der Waals surface area contributed by atoms with Crippen molar-refractivity contribution in [1.29, 1.82) is 0 Å². The minimum Gasteiger partial charge on any atom is -0.497 e. The molecule has 2 unspecified atom stereocenters. The highest BCUT2D eigenvalue weighted by molar-refractivity contribution is 7.99. The van der Waals surface area contributed by atoms with Crippen LogP contribution in [0.1, 0.15) is 28.9 Å². The third kappa shape index (κ3) is 5.95. The summed E-state index contributed by atoms with van der Waals surface area (Å²) >= 11 is 1.36. The van der Waals surface area contributed by atoms with E-state index in [1.165, 1.54) is 11.8 Å². The van der Waals surface area contributed by atoms with Gasteiger partial charge in [-0.2, -0.15) is 0 Å². The normalized spacial score (nSPS) is 21.2. The number of benzene rings is 2. The van der Waals surface area contributed by atoms with Crippen LogP contribution in [0, 0.1) is 0 Å². The SMILES string of the molecule is COc1ccc(C(CNC(=O)c2ccccc2SCC2(C)NC(=O)NC2=O)N2CCOCC2)cc1. The highest BCUT2D eigenvalue weighted by Gasteiger charge is 2.42. The van der Waals surface area contributed by atoms with Crippen molar-refractivity contribution in [2.75, 3.05) is 45.7 Å². The molecular weight excluding hydrogens is 468 g/mol. The number of imide groups is 1. The molecule has 2 saturated heterocycles. The summed E-state index contributed by atoms with van der Waals surface area (Å²) in [5.74, 6) is 0.525. The average molecular weight is 499 g/mol. The molecule has 0 spiro atoms. The highest BCUT2D eigenvalue weighted by Crippen LogP contribution is 2.28. The van der Waals surface area contributed by atoms with E-state index >= 15 is 0 Å². The Morgan fingerprint density at radius 3 is 2.54 bits per heavy atom. The van der Waals surface area contributed by atoms with E-state index in [-0.39, 0.29) is 17.9 Å². The molecule has 4 amide bonds. The lowest BCUT2D eigenvalue weighted by Crippen LogP contribution is -2.46. The summed E-state index contributed by atoms with van der Waals surface area (Å²) in [4.78, 5) is 40.0. The van der Waals surface area contributed by atoms with Gasteiger partial charge in [0, 0.05) is 30.3 Å². The van der Waals surface area contributed by atoms with E-state index in [9.17, 15) is 14.4 Å². The van der Waals surface area contributed by atoms with Crippen LogP contribution in [0.5, 0.6) is 5.75 Å².